The molecule has 1 N–H and O–H groups in total. The third-order valence-corrected chi connectivity index (χ3v) is 3.08. The minimum absolute atomic E-state index is 0.0973. The Morgan fingerprint density at radius 3 is 2.78 bits per heavy atom. The number of halogens is 2. The van der Waals surface area contributed by atoms with Crippen LogP contribution in [0.25, 0.3) is 11.3 Å². The van der Waals surface area contributed by atoms with Crippen molar-refractivity contribution in [2.24, 2.45) is 0 Å². The number of ether oxygens (including phenoxy) is 1. The normalized spacial score (nSPS) is 11.4. The van der Waals surface area contributed by atoms with Crippen LogP contribution < -0.4 is 0 Å². The molecule has 0 radical (unpaired) electrons. The quantitative estimate of drug-likeness (QED) is 0.867. The van der Waals surface area contributed by atoms with E-state index < -0.39 is 17.5 Å². The van der Waals surface area contributed by atoms with E-state index >= 15 is 0 Å². The summed E-state index contributed by atoms with van der Waals surface area (Å²) >= 11 is 5.68. The summed E-state index contributed by atoms with van der Waals surface area (Å²) in [7, 11) is 1.56. The highest BCUT2D eigenvalue weighted by molar-refractivity contribution is 6.29. The number of pyridine rings is 1. The second-order valence-electron chi connectivity index (χ2n) is 5.92. The molecule has 0 spiro atoms. The fourth-order valence-electron chi connectivity index (χ4n) is 1.81. The molecular weight excluding hydrogens is 325 g/mol. The van der Waals surface area contributed by atoms with Crippen molar-refractivity contribution in [2.45, 2.75) is 32.9 Å². The molecular formula is C14H17ClFN5O2. The van der Waals surface area contributed by atoms with Crippen molar-refractivity contribution in [2.75, 3.05) is 7.05 Å². The number of H-pyrrole nitrogens is 1. The van der Waals surface area contributed by atoms with Gasteiger partial charge in [-0.2, -0.15) is 15.4 Å². The molecule has 2 aromatic rings. The van der Waals surface area contributed by atoms with Crippen molar-refractivity contribution in [3.63, 3.8) is 0 Å². The highest BCUT2D eigenvalue weighted by Gasteiger charge is 2.23. The lowest BCUT2D eigenvalue weighted by Crippen LogP contribution is -2.34. The number of carbonyl (C=O) groups excluding carboxylic acids is 1. The maximum Gasteiger partial charge on any atom is 0.410 e. The number of nitrogens with zero attached hydrogens (tertiary/aromatic N) is 4. The van der Waals surface area contributed by atoms with Crippen molar-refractivity contribution in [3.8, 4) is 11.3 Å². The Balaban J connectivity index is 2.22. The Hall–Kier alpha value is -2.22. The SMILES string of the molecule is CN(Cc1n[nH]nc1-c1ccnc(Cl)c1F)C(=O)OC(C)(C)C. The van der Waals surface area contributed by atoms with E-state index in [1.807, 2.05) is 0 Å². The molecule has 0 saturated heterocycles. The molecule has 124 valence electrons. The minimum atomic E-state index is -0.691. The predicted octanol–water partition coefficient (Wildman–Crippen LogP) is 3.03. The Bertz CT molecular complexity index is 713. The number of rotatable bonds is 3. The van der Waals surface area contributed by atoms with Gasteiger partial charge >= 0.3 is 6.09 Å². The zero-order chi connectivity index (χ0) is 17.2. The van der Waals surface area contributed by atoms with E-state index in [0.717, 1.165) is 0 Å². The van der Waals surface area contributed by atoms with Gasteiger partial charge in [-0.25, -0.2) is 14.2 Å². The maximum absolute atomic E-state index is 14.1. The Morgan fingerprint density at radius 2 is 2.13 bits per heavy atom. The molecule has 0 bridgehead atoms. The minimum Gasteiger partial charge on any atom is -0.444 e. The van der Waals surface area contributed by atoms with Crippen LogP contribution in [-0.4, -0.2) is 44.0 Å². The Labute approximate surface area is 137 Å². The van der Waals surface area contributed by atoms with Gasteiger partial charge in [0.25, 0.3) is 0 Å². The molecule has 1 amide bonds. The number of aromatic nitrogens is 4. The van der Waals surface area contributed by atoms with E-state index in [1.165, 1.54) is 17.2 Å². The Kier molecular flexibility index (Phi) is 4.84. The largest absolute Gasteiger partial charge is 0.444 e. The van der Waals surface area contributed by atoms with Gasteiger partial charge in [0, 0.05) is 18.8 Å². The van der Waals surface area contributed by atoms with Gasteiger partial charge in [-0.3, -0.25) is 0 Å². The standard InChI is InChI=1S/C14H17ClFN5O2/c1-14(2,3)23-13(22)21(4)7-9-11(19-20-18-9)8-5-6-17-12(15)10(8)16/h5-6H,7H2,1-4H3,(H,18,19,20). The predicted molar refractivity (Wildman–Crippen MR) is 82.3 cm³/mol. The fraction of sp³-hybridized carbons (Fsp3) is 0.429. The molecule has 0 aliphatic heterocycles. The first-order valence-corrected chi connectivity index (χ1v) is 7.21. The summed E-state index contributed by atoms with van der Waals surface area (Å²) in [5.41, 5.74) is 0.205. The molecule has 0 aliphatic rings. The summed E-state index contributed by atoms with van der Waals surface area (Å²) in [4.78, 5) is 17.0. The van der Waals surface area contributed by atoms with Gasteiger partial charge in [0.2, 0.25) is 0 Å². The number of nitrogens with one attached hydrogen (secondary N) is 1. The molecule has 9 heteroatoms. The molecule has 0 saturated carbocycles. The van der Waals surface area contributed by atoms with Crippen molar-refractivity contribution in [1.82, 2.24) is 25.3 Å². The van der Waals surface area contributed by atoms with E-state index in [0.29, 0.717) is 5.69 Å². The van der Waals surface area contributed by atoms with Crippen LogP contribution in [0.1, 0.15) is 26.5 Å². The molecule has 0 aliphatic carbocycles. The van der Waals surface area contributed by atoms with E-state index in [9.17, 15) is 9.18 Å². The third-order valence-electron chi connectivity index (χ3n) is 2.81. The third kappa shape index (κ3) is 4.16. The van der Waals surface area contributed by atoms with Gasteiger partial charge in [0.1, 0.15) is 17.0 Å². The van der Waals surface area contributed by atoms with Crippen LogP contribution in [0.2, 0.25) is 5.15 Å². The van der Waals surface area contributed by atoms with Crippen LogP contribution in [-0.2, 0) is 11.3 Å². The second kappa shape index (κ2) is 6.49. The van der Waals surface area contributed by atoms with Crippen molar-refractivity contribution >= 4 is 17.7 Å². The van der Waals surface area contributed by atoms with Crippen molar-refractivity contribution in [1.29, 1.82) is 0 Å². The zero-order valence-electron chi connectivity index (χ0n) is 13.2. The van der Waals surface area contributed by atoms with E-state index in [4.69, 9.17) is 16.3 Å². The zero-order valence-corrected chi connectivity index (χ0v) is 14.0. The fourth-order valence-corrected chi connectivity index (χ4v) is 1.97. The monoisotopic (exact) mass is 341 g/mol. The van der Waals surface area contributed by atoms with Crippen molar-refractivity contribution in [3.05, 3.63) is 28.9 Å². The number of hydrogen-bond donors (Lipinski definition) is 1. The lowest BCUT2D eigenvalue weighted by molar-refractivity contribution is 0.0283. The summed E-state index contributed by atoms with van der Waals surface area (Å²) in [6.07, 6.45) is 0.858. The highest BCUT2D eigenvalue weighted by Crippen LogP contribution is 2.26. The molecule has 23 heavy (non-hydrogen) atoms. The number of hydrogen-bond acceptors (Lipinski definition) is 5. The van der Waals surface area contributed by atoms with Crippen LogP contribution in [0.3, 0.4) is 0 Å². The average molecular weight is 342 g/mol. The lowest BCUT2D eigenvalue weighted by atomic mass is 10.1. The van der Waals surface area contributed by atoms with Crippen molar-refractivity contribution < 1.29 is 13.9 Å². The number of carbonyl (C=O) groups is 1. The van der Waals surface area contributed by atoms with Gasteiger partial charge in [-0.15, -0.1) is 0 Å². The van der Waals surface area contributed by atoms with Gasteiger partial charge in [0.05, 0.1) is 6.54 Å². The smallest absolute Gasteiger partial charge is 0.410 e. The summed E-state index contributed by atoms with van der Waals surface area (Å²) in [5.74, 6) is -0.691. The molecule has 2 heterocycles. The summed E-state index contributed by atoms with van der Waals surface area (Å²) < 4.78 is 19.3. The molecule has 0 unspecified atom stereocenters. The Morgan fingerprint density at radius 1 is 1.43 bits per heavy atom. The first-order chi connectivity index (χ1) is 10.7. The maximum atomic E-state index is 14.1. The topological polar surface area (TPSA) is 84.0 Å². The van der Waals surface area contributed by atoms with E-state index in [1.54, 1.807) is 27.8 Å². The van der Waals surface area contributed by atoms with Gasteiger partial charge in [0.15, 0.2) is 11.0 Å². The highest BCUT2D eigenvalue weighted by atomic mass is 35.5. The van der Waals surface area contributed by atoms with Crippen LogP contribution in [0, 0.1) is 5.82 Å². The first kappa shape index (κ1) is 17.1. The molecule has 0 aromatic carbocycles. The average Bonchev–Trinajstić information content (AvgIpc) is 2.88. The first-order valence-electron chi connectivity index (χ1n) is 6.83. The summed E-state index contributed by atoms with van der Waals surface area (Å²) in [6.45, 7) is 5.41. The van der Waals surface area contributed by atoms with Crippen LogP contribution in [0.5, 0.6) is 0 Å². The summed E-state index contributed by atoms with van der Waals surface area (Å²) in [5, 5.41) is 10.1. The van der Waals surface area contributed by atoms with E-state index in [2.05, 4.69) is 20.4 Å². The number of amides is 1. The van der Waals surface area contributed by atoms with Gasteiger partial charge in [-0.05, 0) is 26.8 Å². The van der Waals surface area contributed by atoms with Gasteiger partial charge in [-0.1, -0.05) is 11.6 Å². The number of aromatic amines is 1. The van der Waals surface area contributed by atoms with E-state index in [-0.39, 0.29) is 23.0 Å². The van der Waals surface area contributed by atoms with Gasteiger partial charge < -0.3 is 9.64 Å². The molecule has 7 nitrogen and oxygen atoms in total. The van der Waals surface area contributed by atoms with Crippen LogP contribution >= 0.6 is 11.6 Å². The molecule has 2 rings (SSSR count). The second-order valence-corrected chi connectivity index (χ2v) is 6.28. The molecule has 0 atom stereocenters. The van der Waals surface area contributed by atoms with Crippen LogP contribution in [0.4, 0.5) is 9.18 Å². The molecule has 2 aromatic heterocycles. The lowest BCUT2D eigenvalue weighted by Gasteiger charge is -2.24. The molecule has 0 fully saturated rings. The summed E-state index contributed by atoms with van der Waals surface area (Å²) in [6, 6.07) is 1.44. The van der Waals surface area contributed by atoms with Crippen LogP contribution in [0.15, 0.2) is 12.3 Å².